The SMILES string of the molecule is CC(=O)c1c(C2C[C@H]3CC[C@@H](C2)N3C(=O)c2n[nH]c(C)n2)nc2c(-c3ccc(C4(O)CCC4)nc3)cnn2c1N. The molecule has 2 aliphatic heterocycles. The number of aliphatic hydroxyl groups is 1. The van der Waals surface area contributed by atoms with E-state index < -0.39 is 5.60 Å². The van der Waals surface area contributed by atoms with Gasteiger partial charge in [-0.25, -0.2) is 9.97 Å². The largest absolute Gasteiger partial charge is 0.384 e. The Hall–Kier alpha value is -4.19. The molecule has 1 saturated carbocycles. The van der Waals surface area contributed by atoms with Crippen molar-refractivity contribution in [3.63, 3.8) is 0 Å². The lowest BCUT2D eigenvalue weighted by atomic mass is 9.77. The van der Waals surface area contributed by atoms with Crippen LogP contribution in [0.5, 0.6) is 0 Å². The van der Waals surface area contributed by atoms with Crippen molar-refractivity contribution in [3.05, 3.63) is 53.1 Å². The Kier molecular flexibility index (Phi) is 5.53. The molecule has 12 nitrogen and oxygen atoms in total. The summed E-state index contributed by atoms with van der Waals surface area (Å²) in [6, 6.07) is 3.79. The summed E-state index contributed by atoms with van der Waals surface area (Å²) in [5.41, 5.74) is 9.55. The Morgan fingerprint density at radius 2 is 1.88 bits per heavy atom. The number of pyridine rings is 1. The van der Waals surface area contributed by atoms with Gasteiger partial charge in [-0.2, -0.15) is 9.61 Å². The molecule has 1 unspecified atom stereocenters. The number of hydrogen-bond acceptors (Lipinski definition) is 9. The third kappa shape index (κ3) is 3.73. The Bertz CT molecular complexity index is 1640. The molecule has 4 N–H and O–H groups in total. The second-order valence-corrected chi connectivity index (χ2v) is 11.4. The van der Waals surface area contributed by atoms with Crippen LogP contribution in [0, 0.1) is 6.92 Å². The van der Waals surface area contributed by atoms with Gasteiger partial charge in [0.15, 0.2) is 11.4 Å². The van der Waals surface area contributed by atoms with Crippen molar-refractivity contribution in [3.8, 4) is 11.1 Å². The van der Waals surface area contributed by atoms with Crippen LogP contribution in [0.25, 0.3) is 16.8 Å². The Balaban J connectivity index is 1.25. The molecule has 2 saturated heterocycles. The number of anilines is 1. The number of carbonyl (C=O) groups excluding carboxylic acids is 2. The van der Waals surface area contributed by atoms with Gasteiger partial charge in [-0.05, 0) is 64.9 Å². The van der Waals surface area contributed by atoms with Gasteiger partial charge in [0.2, 0.25) is 5.82 Å². The van der Waals surface area contributed by atoms with Gasteiger partial charge in [0.25, 0.3) is 5.91 Å². The highest BCUT2D eigenvalue weighted by atomic mass is 16.3. The maximum Gasteiger partial charge on any atom is 0.294 e. The summed E-state index contributed by atoms with van der Waals surface area (Å²) in [4.78, 5) is 41.9. The van der Waals surface area contributed by atoms with E-state index in [0.29, 0.717) is 41.3 Å². The van der Waals surface area contributed by atoms with Crippen LogP contribution in [0.2, 0.25) is 0 Å². The molecular weight excluding hydrogens is 510 g/mol. The van der Waals surface area contributed by atoms with E-state index in [1.54, 1.807) is 19.3 Å². The summed E-state index contributed by atoms with van der Waals surface area (Å²) in [5, 5.41) is 22.0. The molecule has 7 rings (SSSR count). The molecular formula is C28H31N9O3. The third-order valence-electron chi connectivity index (χ3n) is 8.94. The van der Waals surface area contributed by atoms with Crippen LogP contribution in [0.1, 0.15) is 96.0 Å². The molecule has 40 heavy (non-hydrogen) atoms. The van der Waals surface area contributed by atoms with Crippen LogP contribution in [0.15, 0.2) is 24.5 Å². The summed E-state index contributed by atoms with van der Waals surface area (Å²) in [5.74, 6) is 0.678. The van der Waals surface area contributed by atoms with Crippen LogP contribution in [0.4, 0.5) is 5.82 Å². The molecule has 12 heteroatoms. The van der Waals surface area contributed by atoms with Crippen LogP contribution in [-0.4, -0.2) is 68.5 Å². The number of nitrogens with zero attached hydrogens (tertiary/aromatic N) is 7. The van der Waals surface area contributed by atoms with Crippen molar-refractivity contribution in [2.75, 3.05) is 5.73 Å². The summed E-state index contributed by atoms with van der Waals surface area (Å²) in [7, 11) is 0. The number of nitrogens with two attached hydrogens (primary N) is 1. The highest BCUT2D eigenvalue weighted by Crippen LogP contribution is 2.45. The van der Waals surface area contributed by atoms with Crippen molar-refractivity contribution in [1.82, 2.24) is 39.7 Å². The van der Waals surface area contributed by atoms with Gasteiger partial charge in [0.05, 0.1) is 23.1 Å². The first kappa shape index (κ1) is 24.8. The number of ketones is 1. The maximum atomic E-state index is 13.3. The smallest absolute Gasteiger partial charge is 0.294 e. The van der Waals surface area contributed by atoms with E-state index in [9.17, 15) is 14.7 Å². The fourth-order valence-electron chi connectivity index (χ4n) is 6.77. The Morgan fingerprint density at radius 1 is 1.12 bits per heavy atom. The minimum absolute atomic E-state index is 0.00699. The number of rotatable bonds is 5. The van der Waals surface area contributed by atoms with Crippen molar-refractivity contribution < 1.29 is 14.7 Å². The van der Waals surface area contributed by atoms with Gasteiger partial charge < -0.3 is 15.7 Å². The Labute approximate surface area is 230 Å². The number of fused-ring (bicyclic) bond motifs is 3. The first-order valence-electron chi connectivity index (χ1n) is 13.8. The highest BCUT2D eigenvalue weighted by Gasteiger charge is 2.46. The monoisotopic (exact) mass is 541 g/mol. The predicted molar refractivity (Wildman–Crippen MR) is 144 cm³/mol. The van der Waals surface area contributed by atoms with E-state index in [4.69, 9.17) is 10.7 Å². The fourth-order valence-corrected chi connectivity index (χ4v) is 6.77. The molecule has 0 radical (unpaired) electrons. The van der Waals surface area contributed by atoms with Crippen molar-refractivity contribution in [2.45, 2.75) is 82.4 Å². The fraction of sp³-hybridized carbons (Fsp3) is 0.464. The number of nitrogen functional groups attached to an aromatic ring is 1. The number of nitrogens with one attached hydrogen (secondary N) is 1. The molecule has 3 atom stereocenters. The van der Waals surface area contributed by atoms with Crippen molar-refractivity contribution >= 4 is 23.2 Å². The van der Waals surface area contributed by atoms with E-state index >= 15 is 0 Å². The number of Topliss-reactive ketones (excluding diaryl/α,β-unsaturated/α-hetero) is 1. The molecule has 6 heterocycles. The number of aromatic nitrogens is 7. The van der Waals surface area contributed by atoms with Gasteiger partial charge in [-0.3, -0.25) is 19.7 Å². The summed E-state index contributed by atoms with van der Waals surface area (Å²) >= 11 is 0. The molecule has 0 aromatic carbocycles. The molecule has 1 aliphatic carbocycles. The Morgan fingerprint density at radius 3 is 2.45 bits per heavy atom. The van der Waals surface area contributed by atoms with E-state index in [2.05, 4.69) is 25.3 Å². The first-order valence-corrected chi connectivity index (χ1v) is 13.8. The molecule has 0 spiro atoms. The van der Waals surface area contributed by atoms with Gasteiger partial charge in [-0.1, -0.05) is 6.07 Å². The summed E-state index contributed by atoms with van der Waals surface area (Å²) < 4.78 is 1.52. The van der Waals surface area contributed by atoms with Crippen LogP contribution in [0.3, 0.4) is 0 Å². The number of amides is 1. The summed E-state index contributed by atoms with van der Waals surface area (Å²) in [6.45, 7) is 3.27. The minimum Gasteiger partial charge on any atom is -0.384 e. The van der Waals surface area contributed by atoms with Crippen LogP contribution >= 0.6 is 0 Å². The molecule has 1 amide bonds. The number of hydrogen-bond donors (Lipinski definition) is 3. The van der Waals surface area contributed by atoms with E-state index in [1.807, 2.05) is 17.0 Å². The van der Waals surface area contributed by atoms with Gasteiger partial charge in [-0.15, -0.1) is 5.10 Å². The van der Waals surface area contributed by atoms with Gasteiger partial charge in [0, 0.05) is 35.3 Å². The van der Waals surface area contributed by atoms with E-state index in [0.717, 1.165) is 43.2 Å². The maximum absolute atomic E-state index is 13.3. The summed E-state index contributed by atoms with van der Waals surface area (Å²) in [6.07, 6.45) is 8.95. The van der Waals surface area contributed by atoms with E-state index in [-0.39, 0.29) is 41.3 Å². The lowest BCUT2D eigenvalue weighted by molar-refractivity contribution is -0.0426. The average Bonchev–Trinajstić information content (AvgIpc) is 3.62. The van der Waals surface area contributed by atoms with Gasteiger partial charge in [0.1, 0.15) is 17.2 Å². The second kappa shape index (κ2) is 8.91. The second-order valence-electron chi connectivity index (χ2n) is 11.4. The number of aryl methyl sites for hydroxylation is 1. The minimum atomic E-state index is -0.840. The predicted octanol–water partition coefficient (Wildman–Crippen LogP) is 2.92. The zero-order valence-electron chi connectivity index (χ0n) is 22.5. The van der Waals surface area contributed by atoms with Crippen molar-refractivity contribution in [2.24, 2.45) is 0 Å². The normalized spacial score (nSPS) is 23.4. The quantitative estimate of drug-likeness (QED) is 0.322. The number of piperidine rings is 1. The van der Waals surface area contributed by atoms with Gasteiger partial charge >= 0.3 is 0 Å². The molecule has 206 valence electrons. The standard InChI is InChI=1S/C28H31N9O3/c1-14(38)22-23(17-10-18-5-6-19(11-17)36(18)27(39)25-32-15(2)34-35-25)33-26-20(13-31-37(26)24(22)29)16-4-7-21(30-12-16)28(40)8-3-9-28/h4,7,12-13,17-19,40H,3,5-6,8-11,29H2,1-2H3,(H,32,34,35)/t17?,18-,19+. The number of aromatic amines is 1. The highest BCUT2D eigenvalue weighted by molar-refractivity contribution is 6.00. The molecule has 4 aromatic rings. The topological polar surface area (TPSA) is 168 Å². The lowest BCUT2D eigenvalue weighted by Gasteiger charge is -2.38. The average molecular weight is 542 g/mol. The third-order valence-corrected chi connectivity index (χ3v) is 8.94. The lowest BCUT2D eigenvalue weighted by Crippen LogP contribution is -2.46. The van der Waals surface area contributed by atoms with E-state index in [1.165, 1.54) is 11.4 Å². The zero-order chi connectivity index (χ0) is 27.8. The molecule has 2 bridgehead atoms. The van der Waals surface area contributed by atoms with Crippen LogP contribution < -0.4 is 5.73 Å². The molecule has 3 fully saturated rings. The van der Waals surface area contributed by atoms with Crippen molar-refractivity contribution in [1.29, 1.82) is 0 Å². The number of H-pyrrole nitrogens is 1. The first-order chi connectivity index (χ1) is 19.2. The van der Waals surface area contributed by atoms with Crippen LogP contribution in [-0.2, 0) is 5.60 Å². The molecule has 4 aromatic heterocycles. The number of carbonyl (C=O) groups is 2. The molecule has 3 aliphatic rings. The zero-order valence-corrected chi connectivity index (χ0v) is 22.5.